The predicted molar refractivity (Wildman–Crippen MR) is 81.9 cm³/mol. The molecule has 0 heterocycles. The summed E-state index contributed by atoms with van der Waals surface area (Å²) in [5.41, 5.74) is 6.69. The van der Waals surface area contributed by atoms with Crippen LogP contribution in [0.4, 0.5) is 0 Å². The maximum atomic E-state index is 13.0. The molecule has 0 atom stereocenters. The summed E-state index contributed by atoms with van der Waals surface area (Å²) < 4.78 is 5.42. The van der Waals surface area contributed by atoms with Crippen LogP contribution in [0.5, 0.6) is 5.75 Å². The van der Waals surface area contributed by atoms with Gasteiger partial charge in [-0.1, -0.05) is 24.6 Å². The van der Waals surface area contributed by atoms with Crippen molar-refractivity contribution in [3.8, 4) is 5.75 Å². The molecule has 1 aromatic carbocycles. The normalized spacial score (nSPS) is 19.7. The molecule has 4 nitrogen and oxygen atoms in total. The molecule has 0 radical (unpaired) electrons. The van der Waals surface area contributed by atoms with Crippen LogP contribution in [0.3, 0.4) is 0 Å². The number of benzene rings is 1. The number of rotatable bonds is 6. The Bertz CT molecular complexity index is 516. The number of nitrogens with zero attached hydrogens (tertiary/aromatic N) is 1. The molecule has 0 saturated heterocycles. The van der Waals surface area contributed by atoms with Crippen LogP contribution in [0, 0.1) is 5.41 Å². The molecule has 114 valence electrons. The summed E-state index contributed by atoms with van der Waals surface area (Å²) in [6, 6.07) is 8.34. The third kappa shape index (κ3) is 2.64. The number of nitrogens with two attached hydrogens (primary N) is 1. The number of carbonyl (C=O) groups is 1. The van der Waals surface area contributed by atoms with E-state index < -0.39 is 0 Å². The molecular formula is C17H24N2O2. The lowest BCUT2D eigenvalue weighted by molar-refractivity contribution is -0.148. The van der Waals surface area contributed by atoms with Crippen LogP contribution in [0.1, 0.15) is 37.7 Å². The van der Waals surface area contributed by atoms with Crippen molar-refractivity contribution < 1.29 is 9.53 Å². The molecule has 2 aliphatic carbocycles. The van der Waals surface area contributed by atoms with Crippen molar-refractivity contribution in [2.75, 3.05) is 13.7 Å². The van der Waals surface area contributed by atoms with Crippen molar-refractivity contribution in [2.24, 2.45) is 11.1 Å². The Balaban J connectivity index is 1.80. The average Bonchev–Trinajstić information content (AvgIpc) is 3.29. The van der Waals surface area contributed by atoms with E-state index >= 15 is 0 Å². The van der Waals surface area contributed by atoms with Gasteiger partial charge in [-0.3, -0.25) is 4.79 Å². The second kappa shape index (κ2) is 5.68. The lowest BCUT2D eigenvalue weighted by atomic mass is 9.67. The van der Waals surface area contributed by atoms with Gasteiger partial charge in [-0.2, -0.15) is 0 Å². The van der Waals surface area contributed by atoms with E-state index in [-0.39, 0.29) is 11.3 Å². The molecule has 2 N–H and O–H groups in total. The van der Waals surface area contributed by atoms with E-state index in [0.717, 1.165) is 43.4 Å². The highest BCUT2D eigenvalue weighted by Crippen LogP contribution is 2.44. The molecule has 2 aliphatic rings. The van der Waals surface area contributed by atoms with Crippen molar-refractivity contribution in [1.82, 2.24) is 4.90 Å². The summed E-state index contributed by atoms with van der Waals surface area (Å²) in [5.74, 6) is 1.11. The van der Waals surface area contributed by atoms with Gasteiger partial charge in [0, 0.05) is 24.7 Å². The van der Waals surface area contributed by atoms with Crippen LogP contribution < -0.4 is 10.5 Å². The van der Waals surface area contributed by atoms with Gasteiger partial charge in [0.25, 0.3) is 0 Å². The fourth-order valence-electron chi connectivity index (χ4n) is 3.18. The lowest BCUT2D eigenvalue weighted by Gasteiger charge is -2.43. The van der Waals surface area contributed by atoms with Crippen molar-refractivity contribution >= 4 is 5.91 Å². The van der Waals surface area contributed by atoms with Gasteiger partial charge in [0.05, 0.1) is 12.5 Å². The van der Waals surface area contributed by atoms with Crippen LogP contribution >= 0.6 is 0 Å². The van der Waals surface area contributed by atoms with E-state index in [9.17, 15) is 4.79 Å². The van der Waals surface area contributed by atoms with Gasteiger partial charge in [-0.15, -0.1) is 0 Å². The van der Waals surface area contributed by atoms with Gasteiger partial charge in [0.15, 0.2) is 0 Å². The van der Waals surface area contributed by atoms with Crippen LogP contribution in [0.15, 0.2) is 24.3 Å². The van der Waals surface area contributed by atoms with Crippen molar-refractivity contribution in [3.05, 3.63) is 29.8 Å². The number of hydrogen-bond acceptors (Lipinski definition) is 3. The summed E-state index contributed by atoms with van der Waals surface area (Å²) >= 11 is 0. The van der Waals surface area contributed by atoms with Crippen molar-refractivity contribution in [2.45, 2.75) is 44.7 Å². The Kier molecular flexibility index (Phi) is 3.89. The first-order chi connectivity index (χ1) is 10.2. The van der Waals surface area contributed by atoms with Gasteiger partial charge in [0.1, 0.15) is 5.75 Å². The topological polar surface area (TPSA) is 55.6 Å². The third-order valence-corrected chi connectivity index (χ3v) is 4.94. The molecule has 2 fully saturated rings. The van der Waals surface area contributed by atoms with Gasteiger partial charge in [0.2, 0.25) is 5.91 Å². The molecule has 0 unspecified atom stereocenters. The maximum Gasteiger partial charge on any atom is 0.230 e. The predicted octanol–water partition coefficient (Wildman–Crippen LogP) is 2.32. The largest absolute Gasteiger partial charge is 0.496 e. The number of ether oxygens (including phenoxy) is 1. The van der Waals surface area contributed by atoms with Crippen LogP contribution in [0.25, 0.3) is 0 Å². The molecule has 0 aliphatic heterocycles. The molecule has 4 heteroatoms. The van der Waals surface area contributed by atoms with E-state index in [1.807, 2.05) is 29.2 Å². The molecule has 0 aromatic heterocycles. The molecule has 1 aromatic rings. The first-order valence-electron chi connectivity index (χ1n) is 7.83. The van der Waals surface area contributed by atoms with Crippen molar-refractivity contribution in [1.29, 1.82) is 0 Å². The molecule has 2 saturated carbocycles. The SMILES string of the molecule is COc1ccccc1CN(C(=O)C1(CN)CCC1)C1CC1. The second-order valence-electron chi connectivity index (χ2n) is 6.31. The van der Waals surface area contributed by atoms with Crippen LogP contribution in [-0.4, -0.2) is 30.5 Å². The highest BCUT2D eigenvalue weighted by molar-refractivity contribution is 5.84. The minimum atomic E-state index is -0.287. The summed E-state index contributed by atoms with van der Waals surface area (Å²) in [6.07, 6.45) is 5.23. The summed E-state index contributed by atoms with van der Waals surface area (Å²) in [5, 5.41) is 0. The fraction of sp³-hybridized carbons (Fsp3) is 0.588. The molecular weight excluding hydrogens is 264 g/mol. The summed E-state index contributed by atoms with van der Waals surface area (Å²) in [4.78, 5) is 15.0. The zero-order chi connectivity index (χ0) is 14.9. The van der Waals surface area contributed by atoms with Crippen molar-refractivity contribution in [3.63, 3.8) is 0 Å². The van der Waals surface area contributed by atoms with E-state index in [1.54, 1.807) is 7.11 Å². The van der Waals surface area contributed by atoms with Gasteiger partial charge in [-0.25, -0.2) is 0 Å². The first-order valence-corrected chi connectivity index (χ1v) is 7.83. The number of para-hydroxylation sites is 1. The zero-order valence-electron chi connectivity index (χ0n) is 12.7. The number of carbonyl (C=O) groups excluding carboxylic acids is 1. The average molecular weight is 288 g/mol. The molecule has 0 spiro atoms. The van der Waals surface area contributed by atoms with Gasteiger partial charge < -0.3 is 15.4 Å². The van der Waals surface area contributed by atoms with E-state index in [0.29, 0.717) is 19.1 Å². The van der Waals surface area contributed by atoms with E-state index in [4.69, 9.17) is 10.5 Å². The number of amides is 1. The Hall–Kier alpha value is -1.55. The number of methoxy groups -OCH3 is 1. The summed E-state index contributed by atoms with van der Waals surface area (Å²) in [7, 11) is 1.68. The maximum absolute atomic E-state index is 13.0. The molecule has 21 heavy (non-hydrogen) atoms. The highest BCUT2D eigenvalue weighted by Gasteiger charge is 2.48. The second-order valence-corrected chi connectivity index (χ2v) is 6.31. The Morgan fingerprint density at radius 2 is 2.10 bits per heavy atom. The lowest BCUT2D eigenvalue weighted by Crippen LogP contribution is -2.52. The highest BCUT2D eigenvalue weighted by atomic mass is 16.5. The quantitative estimate of drug-likeness (QED) is 0.874. The van der Waals surface area contributed by atoms with E-state index in [1.165, 1.54) is 0 Å². The standard InChI is InChI=1S/C17H24N2O2/c1-21-15-6-3-2-5-13(15)11-19(14-7-8-14)16(20)17(12-18)9-4-10-17/h2-3,5-6,14H,4,7-12,18H2,1H3. The molecule has 0 bridgehead atoms. The minimum Gasteiger partial charge on any atom is -0.496 e. The van der Waals surface area contributed by atoms with Gasteiger partial charge >= 0.3 is 0 Å². The fourth-order valence-corrected chi connectivity index (χ4v) is 3.18. The Morgan fingerprint density at radius 1 is 1.38 bits per heavy atom. The first kappa shape index (κ1) is 14.4. The monoisotopic (exact) mass is 288 g/mol. The smallest absolute Gasteiger partial charge is 0.230 e. The minimum absolute atomic E-state index is 0.254. The van der Waals surface area contributed by atoms with Crippen LogP contribution in [-0.2, 0) is 11.3 Å². The summed E-state index contributed by atoms with van der Waals surface area (Å²) in [6.45, 7) is 1.11. The van der Waals surface area contributed by atoms with Gasteiger partial charge in [-0.05, 0) is 31.7 Å². The molecule has 1 amide bonds. The number of hydrogen-bond donors (Lipinski definition) is 1. The Labute approximate surface area is 126 Å². The van der Waals surface area contributed by atoms with Crippen LogP contribution in [0.2, 0.25) is 0 Å². The third-order valence-electron chi connectivity index (χ3n) is 4.94. The molecule has 3 rings (SSSR count). The van der Waals surface area contributed by atoms with E-state index in [2.05, 4.69) is 0 Å². The Morgan fingerprint density at radius 3 is 2.62 bits per heavy atom. The zero-order valence-corrected chi connectivity index (χ0v) is 12.7.